The Bertz CT molecular complexity index is 783. The number of nitro groups is 1. The highest BCUT2D eigenvalue weighted by Crippen LogP contribution is 2.30. The van der Waals surface area contributed by atoms with Crippen LogP contribution in [0.4, 0.5) is 5.69 Å². The summed E-state index contributed by atoms with van der Waals surface area (Å²) in [6, 6.07) is 15.0. The number of hydrogen-bond acceptors (Lipinski definition) is 3. The summed E-state index contributed by atoms with van der Waals surface area (Å²) in [6.07, 6.45) is 0. The first-order chi connectivity index (χ1) is 10.1. The van der Waals surface area contributed by atoms with Crippen molar-refractivity contribution in [2.75, 3.05) is 0 Å². The smallest absolute Gasteiger partial charge is 0.288 e. The topological polar surface area (TPSA) is 58.9 Å². The summed E-state index contributed by atoms with van der Waals surface area (Å²) in [6.45, 7) is 0. The maximum Gasteiger partial charge on any atom is 0.288 e. The molecule has 0 atom stereocenters. The van der Waals surface area contributed by atoms with Crippen molar-refractivity contribution in [1.82, 2.24) is 4.98 Å². The van der Waals surface area contributed by atoms with E-state index in [1.807, 2.05) is 30.3 Å². The van der Waals surface area contributed by atoms with Gasteiger partial charge in [-0.15, -0.1) is 11.8 Å². The lowest BCUT2D eigenvalue weighted by Gasteiger charge is -2.01. The van der Waals surface area contributed by atoms with E-state index in [4.69, 9.17) is 11.6 Å². The lowest BCUT2D eigenvalue weighted by molar-refractivity contribution is -0.384. The molecule has 0 amide bonds. The van der Waals surface area contributed by atoms with E-state index < -0.39 is 4.92 Å². The first-order valence-electron chi connectivity index (χ1n) is 6.27. The molecule has 6 heteroatoms. The number of para-hydroxylation sites is 1. The SMILES string of the molecule is O=[N+]([O-])c1cc(CSc2cc3ccccc3[nH]2)ccc1Cl. The molecule has 3 aromatic rings. The number of fused-ring (bicyclic) bond motifs is 1. The number of nitrogens with zero attached hydrogens (tertiary/aromatic N) is 1. The Morgan fingerprint density at radius 2 is 2.00 bits per heavy atom. The largest absolute Gasteiger partial charge is 0.350 e. The highest BCUT2D eigenvalue weighted by atomic mass is 35.5. The van der Waals surface area contributed by atoms with Gasteiger partial charge < -0.3 is 4.98 Å². The molecule has 4 nitrogen and oxygen atoms in total. The minimum absolute atomic E-state index is 0.0496. The average Bonchev–Trinajstić information content (AvgIpc) is 2.89. The number of nitro benzene ring substituents is 1. The number of benzene rings is 2. The van der Waals surface area contributed by atoms with Gasteiger partial charge in [0.15, 0.2) is 0 Å². The first kappa shape index (κ1) is 14.0. The molecular weight excluding hydrogens is 308 g/mol. The number of thioether (sulfide) groups is 1. The second kappa shape index (κ2) is 5.79. The maximum absolute atomic E-state index is 10.9. The fourth-order valence-corrected chi connectivity index (χ4v) is 3.15. The number of halogens is 1. The van der Waals surface area contributed by atoms with Crippen molar-refractivity contribution in [2.45, 2.75) is 10.8 Å². The maximum atomic E-state index is 10.9. The van der Waals surface area contributed by atoms with Gasteiger partial charge in [-0.3, -0.25) is 10.1 Å². The zero-order valence-corrected chi connectivity index (χ0v) is 12.4. The van der Waals surface area contributed by atoms with Crippen molar-refractivity contribution in [2.24, 2.45) is 0 Å². The van der Waals surface area contributed by atoms with E-state index in [2.05, 4.69) is 11.1 Å². The molecule has 106 valence electrons. The number of rotatable bonds is 4. The molecule has 3 rings (SSSR count). The number of nitrogens with one attached hydrogen (secondary N) is 1. The third kappa shape index (κ3) is 3.04. The predicted molar refractivity (Wildman–Crippen MR) is 86.0 cm³/mol. The highest BCUT2D eigenvalue weighted by Gasteiger charge is 2.13. The molecule has 0 aliphatic heterocycles. The van der Waals surface area contributed by atoms with Gasteiger partial charge in [0.05, 0.1) is 9.95 Å². The lowest BCUT2D eigenvalue weighted by Crippen LogP contribution is -1.91. The fraction of sp³-hybridized carbons (Fsp3) is 0.0667. The molecule has 0 fully saturated rings. The second-order valence-corrected chi connectivity index (χ2v) is 5.98. The zero-order valence-electron chi connectivity index (χ0n) is 10.9. The number of aromatic amines is 1. The molecule has 0 radical (unpaired) electrons. The van der Waals surface area contributed by atoms with E-state index in [1.54, 1.807) is 17.8 Å². The molecule has 0 aliphatic carbocycles. The Kier molecular flexibility index (Phi) is 3.86. The summed E-state index contributed by atoms with van der Waals surface area (Å²) in [4.78, 5) is 13.7. The van der Waals surface area contributed by atoms with E-state index in [0.29, 0.717) is 5.75 Å². The number of hydrogen-bond donors (Lipinski definition) is 1. The van der Waals surface area contributed by atoms with Crippen LogP contribution in [0.5, 0.6) is 0 Å². The van der Waals surface area contributed by atoms with Gasteiger partial charge in [0.25, 0.3) is 5.69 Å². The van der Waals surface area contributed by atoms with Gasteiger partial charge in [-0.05, 0) is 23.8 Å². The van der Waals surface area contributed by atoms with Gasteiger partial charge in [0, 0.05) is 22.7 Å². The van der Waals surface area contributed by atoms with Crippen molar-refractivity contribution in [3.63, 3.8) is 0 Å². The summed E-state index contributed by atoms with van der Waals surface area (Å²) in [5, 5.41) is 13.2. The zero-order chi connectivity index (χ0) is 14.8. The molecule has 1 N–H and O–H groups in total. The Hall–Kier alpha value is -1.98. The summed E-state index contributed by atoms with van der Waals surface area (Å²) in [5.41, 5.74) is 1.91. The summed E-state index contributed by atoms with van der Waals surface area (Å²) >= 11 is 7.41. The van der Waals surface area contributed by atoms with Crippen molar-refractivity contribution < 1.29 is 4.92 Å². The normalized spacial score (nSPS) is 10.9. The summed E-state index contributed by atoms with van der Waals surface area (Å²) < 4.78 is 0. The van der Waals surface area contributed by atoms with Gasteiger partial charge in [-0.25, -0.2) is 0 Å². The molecule has 0 saturated heterocycles. The van der Waals surface area contributed by atoms with E-state index >= 15 is 0 Å². The Labute approximate surface area is 130 Å². The lowest BCUT2D eigenvalue weighted by atomic mass is 10.2. The molecule has 2 aromatic carbocycles. The van der Waals surface area contributed by atoms with Gasteiger partial charge in [-0.1, -0.05) is 35.9 Å². The van der Waals surface area contributed by atoms with Crippen LogP contribution in [0.2, 0.25) is 5.02 Å². The van der Waals surface area contributed by atoms with Gasteiger partial charge in [-0.2, -0.15) is 0 Å². The number of H-pyrrole nitrogens is 1. The van der Waals surface area contributed by atoms with Gasteiger partial charge >= 0.3 is 0 Å². The highest BCUT2D eigenvalue weighted by molar-refractivity contribution is 7.98. The third-order valence-corrected chi connectivity index (χ3v) is 4.44. The van der Waals surface area contributed by atoms with Crippen LogP contribution < -0.4 is 0 Å². The standard InChI is InChI=1S/C15H11ClN2O2S/c16-12-6-5-10(7-14(12)18(19)20)9-21-15-8-11-3-1-2-4-13(11)17-15/h1-8,17H,9H2. The number of aromatic nitrogens is 1. The molecule has 21 heavy (non-hydrogen) atoms. The van der Waals surface area contributed by atoms with Crippen LogP contribution in [0.1, 0.15) is 5.56 Å². The molecule has 0 unspecified atom stereocenters. The molecule has 0 aliphatic rings. The van der Waals surface area contributed by atoms with Crippen molar-refractivity contribution in [1.29, 1.82) is 0 Å². The van der Waals surface area contributed by atoms with E-state index in [0.717, 1.165) is 21.5 Å². The van der Waals surface area contributed by atoms with Gasteiger partial charge in [0.1, 0.15) is 5.02 Å². The Balaban J connectivity index is 1.78. The molecule has 0 saturated carbocycles. The third-order valence-electron chi connectivity index (χ3n) is 3.11. The van der Waals surface area contributed by atoms with Crippen LogP contribution in [-0.2, 0) is 5.75 Å². The van der Waals surface area contributed by atoms with E-state index in [-0.39, 0.29) is 10.7 Å². The Morgan fingerprint density at radius 1 is 1.19 bits per heavy atom. The average molecular weight is 319 g/mol. The minimum atomic E-state index is -0.459. The van der Waals surface area contributed by atoms with Crippen LogP contribution >= 0.6 is 23.4 Å². The van der Waals surface area contributed by atoms with Crippen LogP contribution in [0.25, 0.3) is 10.9 Å². The van der Waals surface area contributed by atoms with Crippen molar-refractivity contribution in [3.05, 3.63) is 69.2 Å². The molecular formula is C15H11ClN2O2S. The van der Waals surface area contributed by atoms with E-state index in [1.165, 1.54) is 6.07 Å². The van der Waals surface area contributed by atoms with Crippen LogP contribution in [0.3, 0.4) is 0 Å². The summed E-state index contributed by atoms with van der Waals surface area (Å²) in [5.74, 6) is 0.644. The quantitative estimate of drug-likeness (QED) is 0.417. The van der Waals surface area contributed by atoms with Gasteiger partial charge in [0.2, 0.25) is 0 Å². The summed E-state index contributed by atoms with van der Waals surface area (Å²) in [7, 11) is 0. The van der Waals surface area contributed by atoms with Crippen LogP contribution in [0.15, 0.2) is 53.6 Å². The fourth-order valence-electron chi connectivity index (χ4n) is 2.07. The predicted octanol–water partition coefficient (Wildman–Crippen LogP) is 5.02. The molecule has 0 spiro atoms. The monoisotopic (exact) mass is 318 g/mol. The van der Waals surface area contributed by atoms with Crippen LogP contribution in [-0.4, -0.2) is 9.91 Å². The molecule has 1 aromatic heterocycles. The minimum Gasteiger partial charge on any atom is -0.350 e. The van der Waals surface area contributed by atoms with Crippen molar-refractivity contribution >= 4 is 40.0 Å². The van der Waals surface area contributed by atoms with Crippen LogP contribution in [0, 0.1) is 10.1 Å². The molecule has 1 heterocycles. The van der Waals surface area contributed by atoms with E-state index in [9.17, 15) is 10.1 Å². The Morgan fingerprint density at radius 3 is 2.76 bits per heavy atom. The van der Waals surface area contributed by atoms with Crippen molar-refractivity contribution in [3.8, 4) is 0 Å². The first-order valence-corrected chi connectivity index (χ1v) is 7.63. The second-order valence-electron chi connectivity index (χ2n) is 4.55. The molecule has 0 bridgehead atoms.